The third-order valence-electron chi connectivity index (χ3n) is 3.76. The predicted octanol–water partition coefficient (Wildman–Crippen LogP) is 2.44. The number of allylic oxidation sites excluding steroid dienone is 4. The van der Waals surface area contributed by atoms with Gasteiger partial charge in [0.2, 0.25) is 11.6 Å². The highest BCUT2D eigenvalue weighted by atomic mass is 19.1. The van der Waals surface area contributed by atoms with E-state index in [9.17, 15) is 9.18 Å². The van der Waals surface area contributed by atoms with E-state index in [2.05, 4.69) is 10.1 Å². The van der Waals surface area contributed by atoms with Crippen molar-refractivity contribution in [1.82, 2.24) is 14.8 Å². The lowest BCUT2D eigenvalue weighted by atomic mass is 9.90. The van der Waals surface area contributed by atoms with Crippen LogP contribution < -0.4 is 0 Å². The first-order valence-corrected chi connectivity index (χ1v) is 6.66. The van der Waals surface area contributed by atoms with Crippen LogP contribution in [0.4, 0.5) is 4.39 Å². The Kier molecular flexibility index (Phi) is 3.05. The molecular formula is C14H16FN3O. The Morgan fingerprint density at radius 2 is 2.37 bits per heavy atom. The van der Waals surface area contributed by atoms with E-state index in [1.165, 1.54) is 0 Å². The van der Waals surface area contributed by atoms with E-state index in [-0.39, 0.29) is 30.0 Å². The van der Waals surface area contributed by atoms with Gasteiger partial charge >= 0.3 is 0 Å². The zero-order valence-electron chi connectivity index (χ0n) is 10.8. The van der Waals surface area contributed by atoms with Crippen LogP contribution in [0.15, 0.2) is 24.3 Å². The Morgan fingerprint density at radius 3 is 3.05 bits per heavy atom. The molecule has 0 fully saturated rings. The Balaban J connectivity index is 1.92. The minimum absolute atomic E-state index is 0.0878. The van der Waals surface area contributed by atoms with E-state index in [0.29, 0.717) is 12.2 Å². The van der Waals surface area contributed by atoms with Crippen molar-refractivity contribution >= 4 is 5.78 Å². The van der Waals surface area contributed by atoms with Crippen LogP contribution in [-0.4, -0.2) is 26.7 Å². The van der Waals surface area contributed by atoms with Crippen molar-refractivity contribution in [2.24, 2.45) is 5.92 Å². The van der Waals surface area contributed by atoms with Gasteiger partial charge in [0.15, 0.2) is 0 Å². The number of ketones is 1. The Labute approximate surface area is 111 Å². The van der Waals surface area contributed by atoms with E-state index in [1.54, 1.807) is 11.6 Å². The second kappa shape index (κ2) is 4.72. The molecule has 0 radical (unpaired) electrons. The van der Waals surface area contributed by atoms with Gasteiger partial charge in [0, 0.05) is 18.8 Å². The number of carbonyl (C=O) groups is 1. The third-order valence-corrected chi connectivity index (χ3v) is 3.76. The summed E-state index contributed by atoms with van der Waals surface area (Å²) in [5.74, 6) is 0.824. The van der Waals surface area contributed by atoms with Crippen molar-refractivity contribution in [2.45, 2.75) is 38.4 Å². The van der Waals surface area contributed by atoms with Gasteiger partial charge in [0.05, 0.1) is 6.04 Å². The fraction of sp³-hybridized carbons (Fsp3) is 0.500. The van der Waals surface area contributed by atoms with E-state index in [1.807, 2.05) is 24.3 Å². The predicted molar refractivity (Wildman–Crippen MR) is 68.7 cm³/mol. The summed E-state index contributed by atoms with van der Waals surface area (Å²) in [6.07, 6.45) is 8.41. The molecule has 3 rings (SSSR count). The molecule has 0 amide bonds. The molecule has 1 unspecified atom stereocenters. The van der Waals surface area contributed by atoms with Crippen molar-refractivity contribution in [2.75, 3.05) is 0 Å². The van der Waals surface area contributed by atoms with Crippen molar-refractivity contribution in [3.8, 4) is 0 Å². The van der Waals surface area contributed by atoms with Gasteiger partial charge < -0.3 is 0 Å². The maximum absolute atomic E-state index is 14.2. The normalized spacial score (nSPS) is 28.6. The largest absolute Gasteiger partial charge is 0.291 e. The molecule has 1 aliphatic heterocycles. The molecule has 4 nitrogen and oxygen atoms in total. The van der Waals surface area contributed by atoms with E-state index < -0.39 is 6.17 Å². The number of Topliss-reactive ketones (excluding diaryl/α,β-unsaturated/α-hetero) is 1. The number of fused-ring (bicyclic) bond motifs is 1. The number of aromatic nitrogens is 3. The van der Waals surface area contributed by atoms with E-state index in [0.717, 1.165) is 6.42 Å². The molecule has 0 N–H and O–H groups in total. The Morgan fingerprint density at radius 1 is 1.53 bits per heavy atom. The zero-order valence-corrected chi connectivity index (χ0v) is 10.8. The summed E-state index contributed by atoms with van der Waals surface area (Å²) < 4.78 is 15.8. The van der Waals surface area contributed by atoms with Crippen LogP contribution in [0.5, 0.6) is 0 Å². The molecule has 0 spiro atoms. The summed E-state index contributed by atoms with van der Waals surface area (Å²) in [6, 6.07) is -0.331. The fourth-order valence-corrected chi connectivity index (χ4v) is 2.76. The first-order valence-electron chi connectivity index (χ1n) is 6.66. The third kappa shape index (κ3) is 2.03. The zero-order chi connectivity index (χ0) is 13.4. The summed E-state index contributed by atoms with van der Waals surface area (Å²) in [4.78, 5) is 15.8. The number of nitrogens with zero attached hydrogens (tertiary/aromatic N) is 3. The van der Waals surface area contributed by atoms with Gasteiger partial charge in [-0.25, -0.2) is 14.1 Å². The van der Waals surface area contributed by atoms with Gasteiger partial charge in [-0.2, -0.15) is 0 Å². The highest BCUT2D eigenvalue weighted by Crippen LogP contribution is 2.36. The van der Waals surface area contributed by atoms with Crippen LogP contribution in [0, 0.1) is 5.92 Å². The number of rotatable bonds is 3. The molecule has 0 saturated heterocycles. The molecule has 100 valence electrons. The molecule has 2 heterocycles. The lowest BCUT2D eigenvalue weighted by Gasteiger charge is -2.23. The van der Waals surface area contributed by atoms with Crippen molar-refractivity contribution in [3.05, 3.63) is 36.0 Å². The second-order valence-electron chi connectivity index (χ2n) is 5.00. The van der Waals surface area contributed by atoms with Crippen LogP contribution in [0.25, 0.3) is 0 Å². The lowest BCUT2D eigenvalue weighted by molar-refractivity contribution is 0.0975. The molecule has 2 aliphatic rings. The highest BCUT2D eigenvalue weighted by Gasteiger charge is 2.39. The smallest absolute Gasteiger partial charge is 0.217 e. The molecule has 19 heavy (non-hydrogen) atoms. The summed E-state index contributed by atoms with van der Waals surface area (Å²) in [7, 11) is 0. The lowest BCUT2D eigenvalue weighted by Crippen LogP contribution is -2.24. The maximum Gasteiger partial charge on any atom is 0.217 e. The van der Waals surface area contributed by atoms with Gasteiger partial charge in [-0.1, -0.05) is 31.2 Å². The van der Waals surface area contributed by atoms with Gasteiger partial charge in [-0.15, -0.1) is 5.10 Å². The monoisotopic (exact) mass is 261 g/mol. The minimum Gasteiger partial charge on any atom is -0.291 e. The van der Waals surface area contributed by atoms with Crippen molar-refractivity contribution in [3.63, 3.8) is 0 Å². The molecule has 0 bridgehead atoms. The molecule has 0 aromatic carbocycles. The quantitative estimate of drug-likeness (QED) is 0.785. The van der Waals surface area contributed by atoms with Crippen molar-refractivity contribution < 1.29 is 9.18 Å². The summed E-state index contributed by atoms with van der Waals surface area (Å²) in [5.41, 5.74) is 0. The van der Waals surface area contributed by atoms with Crippen molar-refractivity contribution in [1.29, 1.82) is 0 Å². The van der Waals surface area contributed by atoms with E-state index >= 15 is 0 Å². The Hall–Kier alpha value is -1.78. The minimum atomic E-state index is -0.970. The SMILES string of the molecule is CCC(=O)c1nc2n(n1)[C@H](C1C=CC=CC1)[C@@H](F)C2. The topological polar surface area (TPSA) is 47.8 Å². The average Bonchev–Trinajstić information content (AvgIpc) is 2.95. The summed E-state index contributed by atoms with van der Waals surface area (Å²) >= 11 is 0. The highest BCUT2D eigenvalue weighted by molar-refractivity contribution is 5.92. The standard InChI is InChI=1S/C14H16FN3O/c1-2-11(19)14-16-12-8-10(15)13(18(12)17-14)9-6-4-3-5-7-9/h3-6,9-10,13H,2,7-8H2,1H3/t9?,10-,13+/m0/s1. The molecular weight excluding hydrogens is 245 g/mol. The van der Waals surface area contributed by atoms with Gasteiger partial charge in [-0.05, 0) is 6.42 Å². The van der Waals surface area contributed by atoms with Crippen LogP contribution in [0.2, 0.25) is 0 Å². The van der Waals surface area contributed by atoms with E-state index in [4.69, 9.17) is 0 Å². The second-order valence-corrected chi connectivity index (χ2v) is 5.00. The number of hydrogen-bond donors (Lipinski definition) is 0. The molecule has 1 aliphatic carbocycles. The van der Waals surface area contributed by atoms with Crippen LogP contribution in [0.3, 0.4) is 0 Å². The first kappa shape index (κ1) is 12.3. The number of carbonyl (C=O) groups excluding carboxylic acids is 1. The Bertz CT molecular complexity index is 561. The van der Waals surface area contributed by atoms with Gasteiger partial charge in [-0.3, -0.25) is 4.79 Å². The number of alkyl halides is 1. The number of hydrogen-bond acceptors (Lipinski definition) is 3. The average molecular weight is 261 g/mol. The fourth-order valence-electron chi connectivity index (χ4n) is 2.76. The summed E-state index contributed by atoms with van der Waals surface area (Å²) in [5, 5.41) is 4.23. The maximum atomic E-state index is 14.2. The van der Waals surface area contributed by atoms with Gasteiger partial charge in [0.1, 0.15) is 12.0 Å². The molecule has 1 aromatic rings. The molecule has 1 aromatic heterocycles. The van der Waals surface area contributed by atoms with Crippen LogP contribution in [0.1, 0.15) is 42.3 Å². The van der Waals surface area contributed by atoms with Gasteiger partial charge in [0.25, 0.3) is 0 Å². The van der Waals surface area contributed by atoms with Crippen LogP contribution in [-0.2, 0) is 6.42 Å². The van der Waals surface area contributed by atoms with Crippen LogP contribution >= 0.6 is 0 Å². The molecule has 5 heteroatoms. The summed E-state index contributed by atoms with van der Waals surface area (Å²) in [6.45, 7) is 1.78. The number of halogens is 1. The molecule has 3 atom stereocenters. The first-order chi connectivity index (χ1) is 9.20. The molecule has 0 saturated carbocycles.